The minimum atomic E-state index is 0.483. The molecule has 146 valence electrons. The molecule has 2 N–H and O–H groups in total. The van der Waals surface area contributed by atoms with Gasteiger partial charge in [0, 0.05) is 0 Å². The fourth-order valence-electron chi connectivity index (χ4n) is 2.79. The number of hydrogen-bond acceptors (Lipinski definition) is 4. The largest absolute Gasteiger partial charge is 0.490 e. The fourth-order valence-corrected chi connectivity index (χ4v) is 2.79. The molecule has 0 atom stereocenters. The van der Waals surface area contributed by atoms with Crippen molar-refractivity contribution in [3.63, 3.8) is 0 Å². The Labute approximate surface area is 166 Å². The van der Waals surface area contributed by atoms with Crippen LogP contribution in [0.3, 0.4) is 0 Å². The van der Waals surface area contributed by atoms with Crippen molar-refractivity contribution < 1.29 is 14.2 Å². The van der Waals surface area contributed by atoms with Crippen molar-refractivity contribution in [2.75, 3.05) is 19.8 Å². The Morgan fingerprint density at radius 1 is 0.607 bits per heavy atom. The molecule has 3 aromatic rings. The summed E-state index contributed by atoms with van der Waals surface area (Å²) in [4.78, 5) is 0. The zero-order chi connectivity index (χ0) is 19.4. The molecule has 0 aliphatic rings. The van der Waals surface area contributed by atoms with E-state index in [4.69, 9.17) is 19.9 Å². The molecule has 0 spiro atoms. The van der Waals surface area contributed by atoms with Gasteiger partial charge in [0.1, 0.15) is 37.1 Å². The Kier molecular flexibility index (Phi) is 7.77. The van der Waals surface area contributed by atoms with Gasteiger partial charge >= 0.3 is 0 Å². The maximum atomic E-state index is 5.78. The van der Waals surface area contributed by atoms with Crippen LogP contribution in [0.4, 0.5) is 0 Å². The third-order valence-corrected chi connectivity index (χ3v) is 4.26. The maximum absolute atomic E-state index is 5.78. The van der Waals surface area contributed by atoms with E-state index >= 15 is 0 Å². The summed E-state index contributed by atoms with van der Waals surface area (Å²) in [5.41, 5.74) is 7.96. The quantitative estimate of drug-likeness (QED) is 0.496. The number of aryl methyl sites for hydroxylation is 1. The van der Waals surface area contributed by atoms with Crippen molar-refractivity contribution in [1.29, 1.82) is 0 Å². The molecule has 0 amide bonds. The standard InChI is InChI=1S/C24H27NO3/c25-15-5-9-20-8-4-10-24(18-20)27-17-16-26-22-11-13-23(14-12-22)28-19-21-6-2-1-3-7-21/h1-4,6-8,10-14,18H,5,9,15-17,19,25H2. The maximum Gasteiger partial charge on any atom is 0.122 e. The number of nitrogens with two attached hydrogens (primary N) is 1. The minimum Gasteiger partial charge on any atom is -0.490 e. The lowest BCUT2D eigenvalue weighted by atomic mass is 10.1. The molecule has 0 saturated carbocycles. The van der Waals surface area contributed by atoms with Crippen LogP contribution in [-0.2, 0) is 13.0 Å². The zero-order valence-corrected chi connectivity index (χ0v) is 16.1. The summed E-state index contributed by atoms with van der Waals surface area (Å²) in [6.45, 7) is 2.23. The zero-order valence-electron chi connectivity index (χ0n) is 16.1. The summed E-state index contributed by atoms with van der Waals surface area (Å²) in [5, 5.41) is 0. The SMILES string of the molecule is NCCCc1cccc(OCCOc2ccc(OCc3ccccc3)cc2)c1. The summed E-state index contributed by atoms with van der Waals surface area (Å²) in [7, 11) is 0. The first-order valence-electron chi connectivity index (χ1n) is 9.65. The highest BCUT2D eigenvalue weighted by Gasteiger charge is 2.00. The Morgan fingerprint density at radius 3 is 1.96 bits per heavy atom. The van der Waals surface area contributed by atoms with Crippen molar-refractivity contribution in [2.45, 2.75) is 19.4 Å². The van der Waals surface area contributed by atoms with Crippen LogP contribution in [0.2, 0.25) is 0 Å². The van der Waals surface area contributed by atoms with Gasteiger partial charge in [0.05, 0.1) is 0 Å². The number of hydrogen-bond donors (Lipinski definition) is 1. The van der Waals surface area contributed by atoms with Crippen LogP contribution in [-0.4, -0.2) is 19.8 Å². The number of rotatable bonds is 11. The van der Waals surface area contributed by atoms with Crippen molar-refractivity contribution in [2.24, 2.45) is 5.73 Å². The van der Waals surface area contributed by atoms with Gasteiger partial charge in [0.2, 0.25) is 0 Å². The van der Waals surface area contributed by atoms with Crippen LogP contribution in [0.15, 0.2) is 78.9 Å². The van der Waals surface area contributed by atoms with E-state index in [9.17, 15) is 0 Å². The van der Waals surface area contributed by atoms with E-state index in [2.05, 4.69) is 12.1 Å². The smallest absolute Gasteiger partial charge is 0.122 e. The van der Waals surface area contributed by atoms with Gasteiger partial charge in [-0.2, -0.15) is 0 Å². The van der Waals surface area contributed by atoms with E-state index in [0.717, 1.165) is 35.7 Å². The highest BCUT2D eigenvalue weighted by Crippen LogP contribution is 2.19. The van der Waals surface area contributed by atoms with E-state index in [1.807, 2.05) is 66.7 Å². The summed E-state index contributed by atoms with van der Waals surface area (Å²) in [6, 6.07) is 25.9. The highest BCUT2D eigenvalue weighted by molar-refractivity contribution is 5.32. The molecule has 0 aliphatic carbocycles. The van der Waals surface area contributed by atoms with E-state index < -0.39 is 0 Å². The van der Waals surface area contributed by atoms with Crippen LogP contribution in [0.1, 0.15) is 17.5 Å². The molecule has 3 aromatic carbocycles. The van der Waals surface area contributed by atoms with E-state index in [0.29, 0.717) is 26.4 Å². The summed E-state index contributed by atoms with van der Waals surface area (Å²) in [5.74, 6) is 2.48. The Morgan fingerprint density at radius 2 is 1.25 bits per heavy atom. The van der Waals surface area contributed by atoms with Crippen LogP contribution < -0.4 is 19.9 Å². The predicted molar refractivity (Wildman–Crippen MR) is 112 cm³/mol. The third-order valence-electron chi connectivity index (χ3n) is 4.26. The first-order chi connectivity index (χ1) is 13.8. The average molecular weight is 377 g/mol. The molecule has 3 rings (SSSR count). The van der Waals surface area contributed by atoms with E-state index in [-0.39, 0.29) is 0 Å². The molecule has 4 nitrogen and oxygen atoms in total. The van der Waals surface area contributed by atoms with Crippen LogP contribution in [0, 0.1) is 0 Å². The van der Waals surface area contributed by atoms with Gasteiger partial charge in [0.15, 0.2) is 0 Å². The van der Waals surface area contributed by atoms with Gasteiger partial charge in [-0.3, -0.25) is 0 Å². The van der Waals surface area contributed by atoms with Crippen molar-refractivity contribution in [3.8, 4) is 17.2 Å². The molecule has 0 unspecified atom stereocenters. The first kappa shape index (κ1) is 19.8. The molecule has 0 heterocycles. The van der Waals surface area contributed by atoms with E-state index in [1.165, 1.54) is 5.56 Å². The van der Waals surface area contributed by atoms with Crippen molar-refractivity contribution >= 4 is 0 Å². The second-order valence-electron chi connectivity index (χ2n) is 6.48. The van der Waals surface area contributed by atoms with Crippen LogP contribution >= 0.6 is 0 Å². The van der Waals surface area contributed by atoms with Gasteiger partial charge in [-0.1, -0.05) is 42.5 Å². The molecule has 28 heavy (non-hydrogen) atoms. The molecule has 0 fully saturated rings. The highest BCUT2D eigenvalue weighted by atomic mass is 16.5. The monoisotopic (exact) mass is 377 g/mol. The summed E-state index contributed by atoms with van der Waals surface area (Å²) < 4.78 is 17.3. The average Bonchev–Trinajstić information content (AvgIpc) is 2.76. The lowest BCUT2D eigenvalue weighted by molar-refractivity contribution is 0.216. The topological polar surface area (TPSA) is 53.7 Å². The van der Waals surface area contributed by atoms with Crippen LogP contribution in [0.5, 0.6) is 17.2 Å². The lowest BCUT2D eigenvalue weighted by Gasteiger charge is -2.10. The normalized spacial score (nSPS) is 10.5. The Hall–Kier alpha value is -2.98. The predicted octanol–water partition coefficient (Wildman–Crippen LogP) is 4.61. The van der Waals surface area contributed by atoms with Gasteiger partial charge < -0.3 is 19.9 Å². The molecular weight excluding hydrogens is 350 g/mol. The van der Waals surface area contributed by atoms with Gasteiger partial charge in [-0.25, -0.2) is 0 Å². The number of benzene rings is 3. The third kappa shape index (κ3) is 6.63. The second-order valence-corrected chi connectivity index (χ2v) is 6.48. The number of ether oxygens (including phenoxy) is 3. The molecule has 0 aromatic heterocycles. The lowest BCUT2D eigenvalue weighted by Crippen LogP contribution is -2.09. The minimum absolute atomic E-state index is 0.483. The molecular formula is C24H27NO3. The molecule has 0 radical (unpaired) electrons. The summed E-state index contributed by atoms with van der Waals surface area (Å²) >= 11 is 0. The fraction of sp³-hybridized carbons (Fsp3) is 0.250. The molecule has 0 saturated heterocycles. The van der Waals surface area contributed by atoms with Crippen molar-refractivity contribution in [3.05, 3.63) is 90.0 Å². The second kappa shape index (κ2) is 11.0. The van der Waals surface area contributed by atoms with E-state index in [1.54, 1.807) is 0 Å². The Bertz CT molecular complexity index is 819. The summed E-state index contributed by atoms with van der Waals surface area (Å²) in [6.07, 6.45) is 1.96. The molecule has 4 heteroatoms. The van der Waals surface area contributed by atoms with Gasteiger partial charge in [0.25, 0.3) is 0 Å². The molecule has 0 bridgehead atoms. The first-order valence-corrected chi connectivity index (χ1v) is 9.65. The molecule has 0 aliphatic heterocycles. The van der Waals surface area contributed by atoms with Gasteiger partial charge in [-0.15, -0.1) is 0 Å². The van der Waals surface area contributed by atoms with Crippen molar-refractivity contribution in [1.82, 2.24) is 0 Å². The van der Waals surface area contributed by atoms with Gasteiger partial charge in [-0.05, 0) is 66.9 Å². The Balaban J connectivity index is 1.38. The van der Waals surface area contributed by atoms with Crippen LogP contribution in [0.25, 0.3) is 0 Å².